The van der Waals surface area contributed by atoms with Gasteiger partial charge in [0, 0.05) is 17.0 Å². The molecule has 0 saturated carbocycles. The number of hydrogen-bond acceptors (Lipinski definition) is 10. The number of hydrogen-bond donors (Lipinski definition) is 0. The van der Waals surface area contributed by atoms with Gasteiger partial charge < -0.3 is 9.64 Å². The average Bonchev–Trinajstić information content (AvgIpc) is 3.47. The molecule has 1 saturated heterocycles. The Kier molecular flexibility index (Phi) is 9.97. The topological polar surface area (TPSA) is 88.5 Å². The average molecular weight is 756 g/mol. The van der Waals surface area contributed by atoms with Gasteiger partial charge in [-0.2, -0.15) is 0 Å². The van der Waals surface area contributed by atoms with Gasteiger partial charge >= 0.3 is 5.97 Å². The Morgan fingerprint density at radius 2 is 1.53 bits per heavy atom. The fourth-order valence-electron chi connectivity index (χ4n) is 4.05. The molecule has 2 aliphatic heterocycles. The number of thioether (sulfide) groups is 2. The number of amides is 1. The third-order valence-electron chi connectivity index (χ3n) is 6.04. The summed E-state index contributed by atoms with van der Waals surface area (Å²) in [5.74, 6) is -1.07. The molecular weight excluding hydrogens is 739 g/mol. The lowest BCUT2D eigenvalue weighted by atomic mass is 10.1. The highest BCUT2D eigenvalue weighted by atomic mass is 35.6. The van der Waals surface area contributed by atoms with Crippen LogP contribution in [0.25, 0.3) is 11.4 Å². The Hall–Kier alpha value is -1.54. The number of halogens is 6. The molecule has 0 spiro atoms. The number of benzene rings is 2. The number of nitrogens with zero attached hydrogens (tertiary/aromatic N) is 5. The number of carbonyl (C=O) groups excluding carboxylic acids is 2. The number of carbonyl (C=O) groups is 2. The minimum atomic E-state index is -2.00. The van der Waals surface area contributed by atoms with E-state index in [9.17, 15) is 9.59 Å². The lowest BCUT2D eigenvalue weighted by molar-refractivity contribution is -0.122. The Labute approximate surface area is 290 Å². The van der Waals surface area contributed by atoms with Crippen LogP contribution in [0.15, 0.2) is 63.4 Å². The van der Waals surface area contributed by atoms with Crippen molar-refractivity contribution in [1.82, 2.24) is 19.9 Å². The highest BCUT2D eigenvalue weighted by molar-refractivity contribution is 8.27. The smallest absolute Gasteiger partial charge is 0.338 e. The fraction of sp³-hybridized carbons (Fsp3) is 0.231. The van der Waals surface area contributed by atoms with Crippen LogP contribution in [-0.2, 0) is 17.1 Å². The second-order valence-corrected chi connectivity index (χ2v) is 16.0. The number of aromatic nitrogens is 3. The number of fused-ring (bicyclic) bond motifs is 1. The van der Waals surface area contributed by atoms with Crippen molar-refractivity contribution in [3.63, 3.8) is 0 Å². The summed E-state index contributed by atoms with van der Waals surface area (Å²) in [5.41, 5.74) is 1.65. The molecule has 0 N–H and O–H groups in total. The molecule has 3 heterocycles. The molecule has 0 atom stereocenters. The van der Waals surface area contributed by atoms with Crippen LogP contribution >= 0.6 is 105 Å². The zero-order valence-electron chi connectivity index (χ0n) is 21.7. The first-order chi connectivity index (χ1) is 20.3. The van der Waals surface area contributed by atoms with Gasteiger partial charge in [-0.15, -0.1) is 0 Å². The molecule has 0 bridgehead atoms. The van der Waals surface area contributed by atoms with Crippen molar-refractivity contribution in [3.8, 4) is 11.4 Å². The van der Waals surface area contributed by atoms with Crippen LogP contribution in [0.3, 0.4) is 0 Å². The van der Waals surface area contributed by atoms with E-state index in [0.717, 1.165) is 15.6 Å². The Morgan fingerprint density at radius 1 is 0.907 bits per heavy atom. The second kappa shape index (κ2) is 13.1. The predicted molar refractivity (Wildman–Crippen MR) is 178 cm³/mol. The number of para-hydroxylation sites is 1. The lowest BCUT2D eigenvalue weighted by Crippen LogP contribution is -2.29. The van der Waals surface area contributed by atoms with Gasteiger partial charge in [0.2, 0.25) is 7.59 Å². The van der Waals surface area contributed by atoms with Gasteiger partial charge in [-0.3, -0.25) is 9.69 Å². The van der Waals surface area contributed by atoms with Crippen LogP contribution < -0.4 is 4.90 Å². The van der Waals surface area contributed by atoms with E-state index >= 15 is 0 Å². The Morgan fingerprint density at radius 3 is 2.12 bits per heavy atom. The molecule has 0 unspecified atom stereocenters. The molecule has 0 aliphatic carbocycles. The maximum Gasteiger partial charge on any atom is 0.338 e. The van der Waals surface area contributed by atoms with E-state index in [1.165, 1.54) is 35.7 Å². The van der Waals surface area contributed by atoms with Crippen LogP contribution in [0.5, 0.6) is 0 Å². The van der Waals surface area contributed by atoms with Crippen molar-refractivity contribution in [3.05, 3.63) is 75.7 Å². The highest BCUT2D eigenvalue weighted by Crippen LogP contribution is 2.50. The van der Waals surface area contributed by atoms with Crippen molar-refractivity contribution in [2.75, 3.05) is 24.6 Å². The van der Waals surface area contributed by atoms with Crippen LogP contribution in [0, 0.1) is 0 Å². The number of anilines is 1. The number of esters is 1. The predicted octanol–water partition coefficient (Wildman–Crippen LogP) is 8.01. The first-order valence-electron chi connectivity index (χ1n) is 12.3. The summed E-state index contributed by atoms with van der Waals surface area (Å²) in [4.78, 5) is 43.4. The monoisotopic (exact) mass is 753 g/mol. The Balaban J connectivity index is 1.31. The molecule has 224 valence electrons. The first kappa shape index (κ1) is 32.8. The maximum atomic E-state index is 13.0. The van der Waals surface area contributed by atoms with Crippen molar-refractivity contribution >= 4 is 127 Å². The van der Waals surface area contributed by atoms with Crippen molar-refractivity contribution in [2.45, 2.75) is 19.4 Å². The summed E-state index contributed by atoms with van der Waals surface area (Å²) in [6.45, 7) is 2.75. The lowest BCUT2D eigenvalue weighted by Gasteiger charge is -2.21. The summed E-state index contributed by atoms with van der Waals surface area (Å²) in [7, 11) is 0. The minimum absolute atomic E-state index is 0.0553. The van der Waals surface area contributed by atoms with Crippen LogP contribution in [0.1, 0.15) is 28.9 Å². The number of alkyl halides is 6. The van der Waals surface area contributed by atoms with E-state index in [-0.39, 0.29) is 35.6 Å². The molecule has 17 heteroatoms. The molecular formula is C26H17Cl6N5O3S3. The highest BCUT2D eigenvalue weighted by Gasteiger charge is 2.38. The first-order valence-corrected chi connectivity index (χ1v) is 16.6. The van der Waals surface area contributed by atoms with E-state index in [1.807, 2.05) is 36.1 Å². The molecule has 1 fully saturated rings. The van der Waals surface area contributed by atoms with Gasteiger partial charge in [0.15, 0.2) is 17.5 Å². The van der Waals surface area contributed by atoms with Crippen molar-refractivity contribution in [1.29, 1.82) is 0 Å². The second-order valence-electron chi connectivity index (χ2n) is 8.79. The summed E-state index contributed by atoms with van der Waals surface area (Å²) >= 11 is 43.9. The fourth-order valence-corrected chi connectivity index (χ4v) is 7.28. The summed E-state index contributed by atoms with van der Waals surface area (Å²) in [6.07, 6.45) is 0. The summed E-state index contributed by atoms with van der Waals surface area (Å²) < 4.78 is 2.11. The van der Waals surface area contributed by atoms with Gasteiger partial charge in [-0.1, -0.05) is 130 Å². The number of ether oxygens (including phenoxy) is 1. The normalized spacial score (nSPS) is 17.1. The number of rotatable bonds is 6. The molecule has 2 aromatic carbocycles. The van der Waals surface area contributed by atoms with Gasteiger partial charge in [-0.05, 0) is 31.2 Å². The molecule has 2 aliphatic rings. The van der Waals surface area contributed by atoms with Crippen LogP contribution in [0.4, 0.5) is 5.69 Å². The van der Waals surface area contributed by atoms with E-state index in [1.54, 1.807) is 17.0 Å². The summed E-state index contributed by atoms with van der Waals surface area (Å²) in [6, 6.07) is 14.0. The SMILES string of the molecule is CCN1C(=O)/C(=C2/Sc3ccccc3N2CCOC(=O)c2ccc(-c3nc(C(Cl)(Cl)Cl)nc(C(Cl)(Cl)Cl)n3)cc2)SC1=S. The van der Waals surface area contributed by atoms with Crippen LogP contribution in [-0.4, -0.2) is 55.7 Å². The van der Waals surface area contributed by atoms with Crippen molar-refractivity contribution < 1.29 is 14.3 Å². The van der Waals surface area contributed by atoms with E-state index in [0.29, 0.717) is 27.9 Å². The molecule has 43 heavy (non-hydrogen) atoms. The largest absolute Gasteiger partial charge is 0.460 e. The molecule has 8 nitrogen and oxygen atoms in total. The standard InChI is InChI=1S/C26H17Cl6N5O3S3/c1-2-36-19(38)17(43-24(36)41)20-37(15-5-3-4-6-16(15)42-20)11-12-40-21(39)14-9-7-13(8-10-14)18-33-22(25(27,28)29)35-23(34-18)26(30,31)32/h3-10H,2,11-12H2,1H3/b20-17-. The zero-order valence-corrected chi connectivity index (χ0v) is 28.7. The number of thiocarbonyl (C=S) groups is 1. The molecule has 3 aromatic rings. The third kappa shape index (κ3) is 7.15. The maximum absolute atomic E-state index is 13.0. The van der Waals surface area contributed by atoms with Gasteiger partial charge in [0.25, 0.3) is 5.91 Å². The van der Waals surface area contributed by atoms with Gasteiger partial charge in [-0.25, -0.2) is 19.7 Å². The molecule has 0 radical (unpaired) electrons. The molecule has 5 rings (SSSR count). The van der Waals surface area contributed by atoms with Crippen molar-refractivity contribution in [2.24, 2.45) is 0 Å². The zero-order chi connectivity index (χ0) is 31.1. The van der Waals surface area contributed by atoms with Crippen LogP contribution in [0.2, 0.25) is 0 Å². The van der Waals surface area contributed by atoms with Gasteiger partial charge in [0.05, 0.1) is 17.8 Å². The van der Waals surface area contributed by atoms with E-state index in [4.69, 9.17) is 86.6 Å². The molecule has 1 aromatic heterocycles. The van der Waals surface area contributed by atoms with E-state index < -0.39 is 13.6 Å². The summed E-state index contributed by atoms with van der Waals surface area (Å²) in [5, 5.41) is 0.760. The number of likely N-dealkylation sites (N-methyl/N-ethyl adjacent to an activating group) is 1. The van der Waals surface area contributed by atoms with E-state index in [2.05, 4.69) is 15.0 Å². The molecule has 1 amide bonds. The Bertz CT molecular complexity index is 1610. The minimum Gasteiger partial charge on any atom is -0.460 e. The third-order valence-corrected chi connectivity index (χ3v) is 9.80. The van der Waals surface area contributed by atoms with Gasteiger partial charge in [0.1, 0.15) is 20.9 Å². The quantitative estimate of drug-likeness (QED) is 0.107.